The van der Waals surface area contributed by atoms with Crippen LogP contribution >= 0.6 is 23.2 Å². The van der Waals surface area contributed by atoms with E-state index in [1.807, 2.05) is 50.3 Å². The molecular formula is C34H28Cl2O6. The first kappa shape index (κ1) is 31.9. The Labute approximate surface area is 255 Å². The molecule has 0 heterocycles. The van der Waals surface area contributed by atoms with E-state index < -0.39 is 11.9 Å². The summed E-state index contributed by atoms with van der Waals surface area (Å²) in [5.74, 6) is 11.6. The highest BCUT2D eigenvalue weighted by Gasteiger charge is 2.07. The average Bonchev–Trinajstić information content (AvgIpc) is 2.93. The lowest BCUT2D eigenvalue weighted by molar-refractivity contribution is -0.137. The quantitative estimate of drug-likeness (QED) is 0.243. The van der Waals surface area contributed by atoms with E-state index in [4.69, 9.17) is 42.9 Å². The number of rotatable bonds is 10. The van der Waals surface area contributed by atoms with Crippen LogP contribution < -0.4 is 9.47 Å². The van der Waals surface area contributed by atoms with Crippen LogP contribution in [0.3, 0.4) is 0 Å². The summed E-state index contributed by atoms with van der Waals surface area (Å²) in [5.41, 5.74) is 4.49. The molecule has 42 heavy (non-hydrogen) atoms. The van der Waals surface area contributed by atoms with E-state index in [9.17, 15) is 9.59 Å². The van der Waals surface area contributed by atoms with Gasteiger partial charge >= 0.3 is 11.9 Å². The number of hydrogen-bond acceptors (Lipinski definition) is 4. The van der Waals surface area contributed by atoms with Crippen LogP contribution in [0, 0.1) is 23.7 Å². The van der Waals surface area contributed by atoms with Crippen molar-refractivity contribution in [1.29, 1.82) is 0 Å². The first-order valence-corrected chi connectivity index (χ1v) is 13.6. The molecule has 0 bridgehead atoms. The Hall–Kier alpha value is -4.62. The number of carboxylic acid groups (broad SMARTS) is 2. The zero-order chi connectivity index (χ0) is 30.5. The van der Waals surface area contributed by atoms with Crippen LogP contribution in [-0.4, -0.2) is 35.4 Å². The maximum absolute atomic E-state index is 10.8. The second kappa shape index (κ2) is 16.0. The molecule has 0 saturated heterocycles. The van der Waals surface area contributed by atoms with Crippen LogP contribution in [0.2, 0.25) is 10.0 Å². The van der Waals surface area contributed by atoms with Gasteiger partial charge in [0.1, 0.15) is 24.7 Å². The second-order valence-electron chi connectivity index (χ2n) is 9.15. The van der Waals surface area contributed by atoms with Gasteiger partial charge in [-0.2, -0.15) is 0 Å². The first-order chi connectivity index (χ1) is 20.1. The molecule has 0 aliphatic rings. The predicted molar refractivity (Wildman–Crippen MR) is 164 cm³/mol. The number of halogens is 2. The lowest BCUT2D eigenvalue weighted by Crippen LogP contribution is -2.01. The second-order valence-corrected chi connectivity index (χ2v) is 9.96. The summed E-state index contributed by atoms with van der Waals surface area (Å²) >= 11 is 12.4. The van der Waals surface area contributed by atoms with Gasteiger partial charge in [0.05, 0.1) is 22.9 Å². The van der Waals surface area contributed by atoms with Crippen molar-refractivity contribution in [2.45, 2.75) is 26.7 Å². The van der Waals surface area contributed by atoms with Crippen molar-refractivity contribution in [3.63, 3.8) is 0 Å². The molecule has 0 amide bonds. The topological polar surface area (TPSA) is 93.1 Å². The minimum absolute atomic E-state index is 0.0996. The molecule has 0 aliphatic heterocycles. The normalized spacial score (nSPS) is 11.0. The summed E-state index contributed by atoms with van der Waals surface area (Å²) in [6.45, 7) is 4.29. The van der Waals surface area contributed by atoms with Gasteiger partial charge in [-0.25, -0.2) is 0 Å². The molecule has 0 fully saturated rings. The summed E-state index contributed by atoms with van der Waals surface area (Å²) in [6, 6.07) is 17.5. The van der Waals surface area contributed by atoms with Gasteiger partial charge in [-0.1, -0.05) is 65.1 Å². The van der Waals surface area contributed by atoms with Gasteiger partial charge < -0.3 is 19.7 Å². The summed E-state index contributed by atoms with van der Waals surface area (Å²) in [7, 11) is 0. The number of aliphatic carboxylic acids is 2. The molecule has 0 unspecified atom stereocenters. The molecule has 214 valence electrons. The Morgan fingerprint density at radius 1 is 0.714 bits per heavy atom. The lowest BCUT2D eigenvalue weighted by Gasteiger charge is -2.07. The zero-order valence-electron chi connectivity index (χ0n) is 23.0. The number of carbonyl (C=O) groups is 2. The summed E-state index contributed by atoms with van der Waals surface area (Å²) in [6.07, 6.45) is 3.48. The van der Waals surface area contributed by atoms with E-state index in [2.05, 4.69) is 23.7 Å². The number of hydrogen-bond donors (Lipinski definition) is 2. The van der Waals surface area contributed by atoms with Gasteiger partial charge in [-0.3, -0.25) is 9.59 Å². The Balaban J connectivity index is 1.54. The fraction of sp³-hybridized carbons (Fsp3) is 0.176. The molecule has 3 rings (SSSR count). The van der Waals surface area contributed by atoms with Crippen LogP contribution in [0.25, 0.3) is 0 Å². The van der Waals surface area contributed by atoms with Crippen LogP contribution in [0.1, 0.15) is 36.1 Å². The monoisotopic (exact) mass is 602 g/mol. The van der Waals surface area contributed by atoms with Crippen molar-refractivity contribution in [2.75, 3.05) is 13.2 Å². The molecule has 0 aromatic heterocycles. The van der Waals surface area contributed by atoms with Crippen molar-refractivity contribution in [2.24, 2.45) is 0 Å². The van der Waals surface area contributed by atoms with Crippen LogP contribution in [-0.2, 0) is 22.4 Å². The largest absolute Gasteiger partial charge is 0.488 e. The molecular weight excluding hydrogens is 575 g/mol. The zero-order valence-corrected chi connectivity index (χ0v) is 24.6. The Kier molecular flexibility index (Phi) is 12.1. The predicted octanol–water partition coefficient (Wildman–Crippen LogP) is 7.00. The third-order valence-corrected chi connectivity index (χ3v) is 6.22. The molecule has 0 radical (unpaired) electrons. The maximum Gasteiger partial charge on any atom is 0.307 e. The van der Waals surface area contributed by atoms with E-state index in [1.165, 1.54) is 0 Å². The van der Waals surface area contributed by atoms with Gasteiger partial charge in [0.15, 0.2) is 0 Å². The number of carboxylic acids is 2. The van der Waals surface area contributed by atoms with Crippen LogP contribution in [0.5, 0.6) is 11.5 Å². The summed E-state index contributed by atoms with van der Waals surface area (Å²) < 4.78 is 11.4. The molecule has 0 saturated carbocycles. The third kappa shape index (κ3) is 11.1. The maximum atomic E-state index is 10.8. The Bertz CT molecular complexity index is 1530. The highest BCUT2D eigenvalue weighted by molar-refractivity contribution is 6.32. The van der Waals surface area contributed by atoms with Gasteiger partial charge in [-0.15, -0.1) is 0 Å². The molecule has 0 atom stereocenters. The van der Waals surface area contributed by atoms with Gasteiger partial charge in [0, 0.05) is 11.1 Å². The summed E-state index contributed by atoms with van der Waals surface area (Å²) in [4.78, 5) is 21.7. The number of allylic oxidation sites excluding steroid dienone is 2. The molecule has 3 aromatic rings. The molecule has 2 N–H and O–H groups in total. The minimum Gasteiger partial charge on any atom is -0.488 e. The van der Waals surface area contributed by atoms with Crippen molar-refractivity contribution in [3.05, 3.63) is 116 Å². The van der Waals surface area contributed by atoms with E-state index in [0.717, 1.165) is 22.3 Å². The SMILES string of the molecule is C/C(C#Cc1cccc(C#C/C(C)=C/COc2ccc(CC(=O)O)cc2Cl)c1)=C\COc1ccc(CC(=O)O)cc1Cl. The van der Waals surface area contributed by atoms with Crippen molar-refractivity contribution >= 4 is 35.1 Å². The Morgan fingerprint density at radius 2 is 1.14 bits per heavy atom. The number of benzene rings is 3. The van der Waals surface area contributed by atoms with Crippen molar-refractivity contribution in [3.8, 4) is 35.2 Å². The fourth-order valence-electron chi connectivity index (χ4n) is 3.52. The smallest absolute Gasteiger partial charge is 0.307 e. The average molecular weight is 603 g/mol. The van der Waals surface area contributed by atoms with E-state index >= 15 is 0 Å². The lowest BCUT2D eigenvalue weighted by atomic mass is 10.1. The van der Waals surface area contributed by atoms with Crippen LogP contribution in [0.4, 0.5) is 0 Å². The highest BCUT2D eigenvalue weighted by Crippen LogP contribution is 2.26. The van der Waals surface area contributed by atoms with Crippen LogP contribution in [0.15, 0.2) is 84.0 Å². The fourth-order valence-corrected chi connectivity index (χ4v) is 4.04. The molecule has 6 nitrogen and oxygen atoms in total. The highest BCUT2D eigenvalue weighted by atomic mass is 35.5. The molecule has 3 aromatic carbocycles. The first-order valence-electron chi connectivity index (χ1n) is 12.8. The van der Waals surface area contributed by atoms with Crippen molar-refractivity contribution < 1.29 is 29.3 Å². The standard InChI is InChI=1S/C34H28Cl2O6/c1-23(14-16-41-31-12-10-27(19-29(31)35)21-33(37)38)6-8-25-4-3-5-26(18-25)9-7-24(2)15-17-42-32-13-11-28(20-30(32)36)22-34(39)40/h3-5,10-15,18-20H,16-17,21-22H2,1-2H3,(H,37,38)(H,39,40)/b23-14+,24-15+. The van der Waals surface area contributed by atoms with Gasteiger partial charge in [0.2, 0.25) is 0 Å². The van der Waals surface area contributed by atoms with Crippen molar-refractivity contribution in [1.82, 2.24) is 0 Å². The molecule has 8 heteroatoms. The minimum atomic E-state index is -0.922. The molecule has 0 spiro atoms. The Morgan fingerprint density at radius 3 is 1.52 bits per heavy atom. The van der Waals surface area contributed by atoms with E-state index in [0.29, 0.717) is 32.7 Å². The van der Waals surface area contributed by atoms with E-state index in [-0.39, 0.29) is 26.1 Å². The van der Waals surface area contributed by atoms with Gasteiger partial charge in [-0.05, 0) is 90.7 Å². The number of ether oxygens (including phenoxy) is 2. The third-order valence-electron chi connectivity index (χ3n) is 5.63. The summed E-state index contributed by atoms with van der Waals surface area (Å²) in [5, 5.41) is 18.5. The molecule has 0 aliphatic carbocycles. The van der Waals surface area contributed by atoms with E-state index in [1.54, 1.807) is 36.4 Å². The van der Waals surface area contributed by atoms with Gasteiger partial charge in [0.25, 0.3) is 0 Å².